The van der Waals surface area contributed by atoms with E-state index in [0.717, 1.165) is 10.3 Å². The molecule has 3 heterocycles. The quantitative estimate of drug-likeness (QED) is 0.548. The summed E-state index contributed by atoms with van der Waals surface area (Å²) in [4.78, 5) is 39.8. The number of fused-ring (bicyclic) bond motifs is 3. The summed E-state index contributed by atoms with van der Waals surface area (Å²) in [6, 6.07) is 13.9. The summed E-state index contributed by atoms with van der Waals surface area (Å²) in [6.07, 6.45) is 0.308. The van der Waals surface area contributed by atoms with Crippen molar-refractivity contribution in [3.8, 4) is 5.75 Å². The van der Waals surface area contributed by atoms with E-state index in [4.69, 9.17) is 9.15 Å². The van der Waals surface area contributed by atoms with Gasteiger partial charge < -0.3 is 14.5 Å². The van der Waals surface area contributed by atoms with Crippen molar-refractivity contribution < 1.29 is 23.5 Å². The highest BCUT2D eigenvalue weighted by atomic mass is 16.5. The number of ether oxygens (including phenoxy) is 1. The number of benzene rings is 2. The minimum absolute atomic E-state index is 0.167. The average Bonchev–Trinajstić information content (AvgIpc) is 3.19. The Bertz CT molecular complexity index is 1180. The lowest BCUT2D eigenvalue weighted by Gasteiger charge is -2.33. The van der Waals surface area contributed by atoms with Crippen molar-refractivity contribution in [2.75, 3.05) is 13.2 Å². The fraction of sp³-hybridized carbons (Fsp3) is 0.227. The third-order valence-corrected chi connectivity index (χ3v) is 5.66. The minimum atomic E-state index is -1.20. The number of rotatable bonds is 3. The highest BCUT2D eigenvalue weighted by Gasteiger charge is 2.55. The number of hydrogen-bond acceptors (Lipinski definition) is 5. The van der Waals surface area contributed by atoms with Crippen LogP contribution in [0.2, 0.25) is 0 Å². The number of nitrogens with zero attached hydrogens (tertiary/aromatic N) is 1. The summed E-state index contributed by atoms with van der Waals surface area (Å²) in [6.45, 7) is 1.71. The van der Waals surface area contributed by atoms with Gasteiger partial charge in [0.05, 0.1) is 13.2 Å². The molecule has 0 radical (unpaired) electrons. The van der Waals surface area contributed by atoms with Crippen LogP contribution in [0.4, 0.5) is 4.79 Å². The van der Waals surface area contributed by atoms with E-state index in [1.807, 2.05) is 24.3 Å². The molecule has 146 valence electrons. The number of furan rings is 1. The third-order valence-electron chi connectivity index (χ3n) is 5.66. The predicted octanol–water partition coefficient (Wildman–Crippen LogP) is 3.15. The van der Waals surface area contributed by atoms with Crippen molar-refractivity contribution in [3.05, 3.63) is 65.4 Å². The molecule has 7 heteroatoms. The van der Waals surface area contributed by atoms with Gasteiger partial charge in [-0.05, 0) is 19.1 Å². The molecule has 0 bridgehead atoms. The van der Waals surface area contributed by atoms with E-state index in [-0.39, 0.29) is 12.3 Å². The first kappa shape index (κ1) is 17.5. The standard InChI is InChI=1S/C22H18N2O5/c1-13-14-6-2-4-8-17(14)29-19(13)16(25)12-24-20(26)22(23-21(24)27)10-11-28-18-9-5-3-7-15(18)22/h2-9H,10-12H2,1H3,(H,23,27). The van der Waals surface area contributed by atoms with Crippen LogP contribution < -0.4 is 10.1 Å². The summed E-state index contributed by atoms with van der Waals surface area (Å²) < 4.78 is 11.3. The maximum atomic E-state index is 13.3. The van der Waals surface area contributed by atoms with E-state index in [2.05, 4.69) is 5.32 Å². The fourth-order valence-corrected chi connectivity index (χ4v) is 4.17. The van der Waals surface area contributed by atoms with Gasteiger partial charge in [-0.15, -0.1) is 0 Å². The van der Waals surface area contributed by atoms with Crippen molar-refractivity contribution in [1.29, 1.82) is 0 Å². The molecular formula is C22H18N2O5. The number of carbonyl (C=O) groups excluding carboxylic acids is 3. The molecule has 2 aliphatic heterocycles. The third kappa shape index (κ3) is 2.47. The summed E-state index contributed by atoms with van der Waals surface area (Å²) in [5, 5.41) is 3.63. The van der Waals surface area contributed by atoms with Gasteiger partial charge in [0.25, 0.3) is 5.91 Å². The van der Waals surface area contributed by atoms with E-state index in [0.29, 0.717) is 35.5 Å². The number of carbonyl (C=O) groups is 3. The van der Waals surface area contributed by atoms with Gasteiger partial charge in [-0.1, -0.05) is 36.4 Å². The zero-order valence-electron chi connectivity index (χ0n) is 15.7. The number of hydrogen-bond donors (Lipinski definition) is 1. The van der Waals surface area contributed by atoms with Crippen molar-refractivity contribution in [2.24, 2.45) is 0 Å². The second kappa shape index (κ2) is 6.20. The van der Waals surface area contributed by atoms with Gasteiger partial charge in [-0.3, -0.25) is 14.5 Å². The maximum absolute atomic E-state index is 13.3. The number of imide groups is 1. The van der Waals surface area contributed by atoms with Gasteiger partial charge in [-0.2, -0.15) is 0 Å². The van der Waals surface area contributed by atoms with E-state index < -0.39 is 23.3 Å². The van der Waals surface area contributed by atoms with Gasteiger partial charge in [0.2, 0.25) is 5.78 Å². The second-order valence-electron chi connectivity index (χ2n) is 7.30. The number of para-hydroxylation sites is 2. The molecule has 1 saturated heterocycles. The molecule has 1 N–H and O–H groups in total. The Balaban J connectivity index is 1.47. The average molecular weight is 390 g/mol. The van der Waals surface area contributed by atoms with E-state index in [1.165, 1.54) is 0 Å². The topological polar surface area (TPSA) is 88.9 Å². The molecule has 0 saturated carbocycles. The molecule has 1 atom stereocenters. The van der Waals surface area contributed by atoms with Gasteiger partial charge in [0.1, 0.15) is 11.3 Å². The van der Waals surface area contributed by atoms with Crippen LogP contribution in [0.5, 0.6) is 5.75 Å². The number of aryl methyl sites for hydroxylation is 1. The first-order chi connectivity index (χ1) is 14.0. The van der Waals surface area contributed by atoms with Crippen molar-refractivity contribution in [3.63, 3.8) is 0 Å². The van der Waals surface area contributed by atoms with Gasteiger partial charge in [0, 0.05) is 22.9 Å². The number of ketones is 1. The first-order valence-corrected chi connectivity index (χ1v) is 9.39. The molecule has 2 aliphatic rings. The van der Waals surface area contributed by atoms with Crippen LogP contribution in [-0.2, 0) is 10.3 Å². The maximum Gasteiger partial charge on any atom is 0.325 e. The normalized spacial score (nSPS) is 20.7. The van der Waals surface area contributed by atoms with Gasteiger partial charge in [0.15, 0.2) is 11.3 Å². The molecule has 3 amide bonds. The lowest BCUT2D eigenvalue weighted by molar-refractivity contribution is -0.132. The monoisotopic (exact) mass is 390 g/mol. The number of Topliss-reactive ketones (excluding diaryl/α,β-unsaturated/α-hetero) is 1. The lowest BCUT2D eigenvalue weighted by Crippen LogP contribution is -2.47. The Morgan fingerprint density at radius 1 is 1.14 bits per heavy atom. The lowest BCUT2D eigenvalue weighted by atomic mass is 9.84. The van der Waals surface area contributed by atoms with Gasteiger partial charge in [-0.25, -0.2) is 4.79 Å². The Hall–Kier alpha value is -3.61. The van der Waals surface area contributed by atoms with E-state index in [9.17, 15) is 14.4 Å². The molecule has 1 aromatic heterocycles. The van der Waals surface area contributed by atoms with Crippen molar-refractivity contribution in [2.45, 2.75) is 18.9 Å². The SMILES string of the molecule is Cc1c(C(=O)CN2C(=O)NC3(CCOc4ccccc43)C2=O)oc2ccccc12. The van der Waals surface area contributed by atoms with Crippen LogP contribution >= 0.6 is 0 Å². The molecule has 29 heavy (non-hydrogen) atoms. The molecule has 2 aromatic carbocycles. The molecule has 0 aliphatic carbocycles. The number of urea groups is 1. The van der Waals surface area contributed by atoms with E-state index in [1.54, 1.807) is 31.2 Å². The molecule has 1 unspecified atom stereocenters. The van der Waals surface area contributed by atoms with Crippen LogP contribution in [0.25, 0.3) is 11.0 Å². The Morgan fingerprint density at radius 2 is 1.90 bits per heavy atom. The number of amides is 3. The zero-order valence-corrected chi connectivity index (χ0v) is 15.7. The smallest absolute Gasteiger partial charge is 0.325 e. The van der Waals surface area contributed by atoms with Crippen LogP contribution in [0.1, 0.15) is 28.1 Å². The number of nitrogens with one attached hydrogen (secondary N) is 1. The van der Waals surface area contributed by atoms with Crippen LogP contribution in [0.15, 0.2) is 52.9 Å². The summed E-state index contributed by atoms with van der Waals surface area (Å²) in [5.74, 6) is -0.131. The minimum Gasteiger partial charge on any atom is -0.493 e. The fourth-order valence-electron chi connectivity index (χ4n) is 4.17. The Morgan fingerprint density at radius 3 is 2.72 bits per heavy atom. The first-order valence-electron chi connectivity index (χ1n) is 9.39. The Kier molecular flexibility index (Phi) is 3.74. The summed E-state index contributed by atoms with van der Waals surface area (Å²) >= 11 is 0. The van der Waals surface area contributed by atoms with Crippen LogP contribution in [0.3, 0.4) is 0 Å². The largest absolute Gasteiger partial charge is 0.493 e. The summed E-state index contributed by atoms with van der Waals surface area (Å²) in [7, 11) is 0. The Labute approximate surface area is 166 Å². The molecule has 5 rings (SSSR count). The predicted molar refractivity (Wildman–Crippen MR) is 104 cm³/mol. The van der Waals surface area contributed by atoms with Crippen molar-refractivity contribution >= 4 is 28.7 Å². The highest BCUT2D eigenvalue weighted by Crippen LogP contribution is 2.41. The molecule has 3 aromatic rings. The second-order valence-corrected chi connectivity index (χ2v) is 7.30. The van der Waals surface area contributed by atoms with Crippen molar-refractivity contribution in [1.82, 2.24) is 10.2 Å². The highest BCUT2D eigenvalue weighted by molar-refractivity contribution is 6.12. The molecule has 7 nitrogen and oxygen atoms in total. The zero-order chi connectivity index (χ0) is 20.2. The van der Waals surface area contributed by atoms with Gasteiger partial charge >= 0.3 is 6.03 Å². The molecule has 1 spiro atoms. The van der Waals surface area contributed by atoms with E-state index >= 15 is 0 Å². The van der Waals surface area contributed by atoms with Crippen LogP contribution in [0, 0.1) is 6.92 Å². The summed E-state index contributed by atoms with van der Waals surface area (Å²) in [5.41, 5.74) is 0.707. The molecular weight excluding hydrogens is 372 g/mol. The molecule has 1 fully saturated rings. The van der Waals surface area contributed by atoms with Crippen LogP contribution in [-0.4, -0.2) is 35.8 Å².